The number of rotatable bonds is 41. The molecule has 0 bridgehead atoms. The van der Waals surface area contributed by atoms with Gasteiger partial charge in [0, 0.05) is 6.42 Å². The molecule has 0 heterocycles. The van der Waals surface area contributed by atoms with Gasteiger partial charge in [-0.1, -0.05) is 224 Å². The van der Waals surface area contributed by atoms with Gasteiger partial charge in [0.05, 0.1) is 18.8 Å². The Morgan fingerprint density at radius 2 is 0.765 bits per heavy atom. The van der Waals surface area contributed by atoms with Crippen LogP contribution in [0.1, 0.15) is 239 Å². The van der Waals surface area contributed by atoms with Crippen molar-refractivity contribution in [3.05, 3.63) is 36.5 Å². The second-order valence-corrected chi connectivity index (χ2v) is 15.5. The maximum atomic E-state index is 12.3. The summed E-state index contributed by atoms with van der Waals surface area (Å²) >= 11 is 0. The Morgan fingerprint density at radius 1 is 0.451 bits per heavy atom. The summed E-state index contributed by atoms with van der Waals surface area (Å²) < 4.78 is 0. The predicted octanol–water partition coefficient (Wildman–Crippen LogP) is 14.2. The summed E-state index contributed by atoms with van der Waals surface area (Å²) in [7, 11) is 0. The maximum absolute atomic E-state index is 12.3. The van der Waals surface area contributed by atoms with Crippen LogP contribution in [0.25, 0.3) is 0 Å². The first-order valence-electron chi connectivity index (χ1n) is 22.7. The number of aliphatic hydroxyl groups excluding tert-OH is 2. The van der Waals surface area contributed by atoms with E-state index in [9.17, 15) is 15.0 Å². The quantitative estimate of drug-likeness (QED) is 0.0436. The van der Waals surface area contributed by atoms with Crippen LogP contribution in [0.15, 0.2) is 36.5 Å². The molecule has 0 rings (SSSR count). The number of nitrogens with one attached hydrogen (secondary N) is 1. The first-order valence-corrected chi connectivity index (χ1v) is 22.7. The molecule has 0 saturated carbocycles. The summed E-state index contributed by atoms with van der Waals surface area (Å²) in [5.41, 5.74) is 0. The summed E-state index contributed by atoms with van der Waals surface area (Å²) in [4.78, 5) is 12.3. The number of hydrogen-bond donors (Lipinski definition) is 3. The number of carbonyl (C=O) groups excluding carboxylic acids is 1. The van der Waals surface area contributed by atoms with E-state index in [1.807, 2.05) is 6.08 Å². The lowest BCUT2D eigenvalue weighted by Crippen LogP contribution is -2.45. The second-order valence-electron chi connectivity index (χ2n) is 15.5. The smallest absolute Gasteiger partial charge is 0.220 e. The lowest BCUT2D eigenvalue weighted by atomic mass is 10.0. The lowest BCUT2D eigenvalue weighted by Gasteiger charge is -2.19. The van der Waals surface area contributed by atoms with Gasteiger partial charge in [0.1, 0.15) is 0 Å². The van der Waals surface area contributed by atoms with Crippen molar-refractivity contribution in [3.8, 4) is 0 Å². The lowest BCUT2D eigenvalue weighted by molar-refractivity contribution is -0.123. The van der Waals surface area contributed by atoms with E-state index >= 15 is 0 Å². The molecule has 2 atom stereocenters. The fourth-order valence-corrected chi connectivity index (χ4v) is 6.86. The number of allylic oxidation sites excluding steroid dienone is 5. The Balaban J connectivity index is 3.55. The van der Waals surface area contributed by atoms with Crippen molar-refractivity contribution < 1.29 is 15.0 Å². The van der Waals surface area contributed by atoms with Crippen molar-refractivity contribution >= 4 is 5.91 Å². The van der Waals surface area contributed by atoms with Gasteiger partial charge in [-0.3, -0.25) is 4.79 Å². The standard InChI is InChI=1S/C47H89NO3/c1-3-5-7-9-11-13-15-16-17-18-19-20-21-22-23-24-25-26-27-28-29-30-31-32-33-34-36-38-40-42-46(50)45(44-49)48-47(51)43-41-39-37-35-14-12-10-8-6-4-2/h29-30,33-34,40,42,45-46,49-50H,3-28,31-32,35-39,41,43-44H2,1-2H3,(H,48,51)/b30-29+,34-33+,42-40+. The molecule has 51 heavy (non-hydrogen) atoms. The highest BCUT2D eigenvalue weighted by atomic mass is 16.3. The van der Waals surface area contributed by atoms with E-state index in [0.717, 1.165) is 38.5 Å². The summed E-state index contributed by atoms with van der Waals surface area (Å²) in [6.45, 7) is 4.28. The number of unbranched alkanes of at least 4 members (excludes halogenated alkanes) is 30. The molecule has 3 N–H and O–H groups in total. The Morgan fingerprint density at radius 3 is 1.14 bits per heavy atom. The molecule has 1 amide bonds. The molecular weight excluding hydrogens is 627 g/mol. The van der Waals surface area contributed by atoms with Crippen molar-refractivity contribution in [3.63, 3.8) is 0 Å². The number of amides is 1. The van der Waals surface area contributed by atoms with Crippen LogP contribution in [0.2, 0.25) is 0 Å². The fourth-order valence-electron chi connectivity index (χ4n) is 6.86. The molecule has 0 aromatic heterocycles. The van der Waals surface area contributed by atoms with Crippen LogP contribution in [-0.2, 0) is 4.79 Å². The Labute approximate surface area is 319 Å². The molecule has 4 heteroatoms. The van der Waals surface area contributed by atoms with Gasteiger partial charge in [-0.25, -0.2) is 0 Å². The Kier molecular flexibility index (Phi) is 41.8. The van der Waals surface area contributed by atoms with E-state index in [1.165, 1.54) is 180 Å². The van der Waals surface area contributed by atoms with E-state index in [2.05, 4.69) is 43.5 Å². The zero-order valence-electron chi connectivity index (χ0n) is 34.4. The van der Waals surface area contributed by atoms with Crippen molar-refractivity contribution in [1.29, 1.82) is 0 Å². The molecule has 0 saturated heterocycles. The van der Waals surface area contributed by atoms with Gasteiger partial charge in [0.15, 0.2) is 0 Å². The van der Waals surface area contributed by atoms with E-state index in [1.54, 1.807) is 6.08 Å². The summed E-state index contributed by atoms with van der Waals surface area (Å²) in [6.07, 6.45) is 57.1. The minimum absolute atomic E-state index is 0.0800. The Bertz CT molecular complexity index is 775. The third kappa shape index (κ3) is 39.6. The minimum atomic E-state index is -0.866. The molecule has 0 aliphatic rings. The molecule has 0 aromatic rings. The van der Waals surface area contributed by atoms with Gasteiger partial charge in [-0.05, 0) is 44.9 Å². The third-order valence-corrected chi connectivity index (χ3v) is 10.4. The van der Waals surface area contributed by atoms with Gasteiger partial charge in [0.2, 0.25) is 5.91 Å². The van der Waals surface area contributed by atoms with E-state index < -0.39 is 12.1 Å². The van der Waals surface area contributed by atoms with Crippen LogP contribution < -0.4 is 5.32 Å². The van der Waals surface area contributed by atoms with Gasteiger partial charge < -0.3 is 15.5 Å². The van der Waals surface area contributed by atoms with Crippen LogP contribution in [-0.4, -0.2) is 34.9 Å². The highest BCUT2D eigenvalue weighted by Gasteiger charge is 2.17. The van der Waals surface area contributed by atoms with Gasteiger partial charge in [-0.2, -0.15) is 0 Å². The molecule has 300 valence electrons. The molecule has 4 nitrogen and oxygen atoms in total. The number of aliphatic hydroxyl groups is 2. The summed E-state index contributed by atoms with van der Waals surface area (Å²) in [5.74, 6) is -0.0800. The zero-order chi connectivity index (χ0) is 37.1. The van der Waals surface area contributed by atoms with Gasteiger partial charge in [0.25, 0.3) is 0 Å². The topological polar surface area (TPSA) is 69.6 Å². The Hall–Kier alpha value is -1.39. The molecule has 0 aromatic carbocycles. The van der Waals surface area contributed by atoms with Crippen molar-refractivity contribution in [1.82, 2.24) is 5.32 Å². The van der Waals surface area contributed by atoms with Crippen LogP contribution in [0, 0.1) is 0 Å². The van der Waals surface area contributed by atoms with E-state index in [-0.39, 0.29) is 12.5 Å². The van der Waals surface area contributed by atoms with Crippen LogP contribution in [0.5, 0.6) is 0 Å². The highest BCUT2D eigenvalue weighted by Crippen LogP contribution is 2.15. The third-order valence-electron chi connectivity index (χ3n) is 10.4. The fraction of sp³-hybridized carbons (Fsp3) is 0.851. The largest absolute Gasteiger partial charge is 0.394 e. The summed E-state index contributed by atoms with van der Waals surface area (Å²) in [6, 6.07) is -0.641. The average molecular weight is 716 g/mol. The van der Waals surface area contributed by atoms with Crippen LogP contribution >= 0.6 is 0 Å². The first kappa shape index (κ1) is 49.6. The molecule has 0 fully saturated rings. The maximum Gasteiger partial charge on any atom is 0.220 e. The molecule has 0 radical (unpaired) electrons. The molecule has 0 aliphatic heterocycles. The normalized spacial score (nSPS) is 13.3. The first-order chi connectivity index (χ1) is 25.2. The van der Waals surface area contributed by atoms with E-state index in [0.29, 0.717) is 6.42 Å². The van der Waals surface area contributed by atoms with Crippen LogP contribution in [0.4, 0.5) is 0 Å². The predicted molar refractivity (Wildman–Crippen MR) is 225 cm³/mol. The minimum Gasteiger partial charge on any atom is -0.394 e. The molecular formula is C47H89NO3. The molecule has 2 unspecified atom stereocenters. The van der Waals surface area contributed by atoms with Gasteiger partial charge >= 0.3 is 0 Å². The van der Waals surface area contributed by atoms with Gasteiger partial charge in [-0.15, -0.1) is 0 Å². The molecule has 0 aliphatic carbocycles. The number of hydrogen-bond acceptors (Lipinski definition) is 3. The second kappa shape index (κ2) is 43.0. The number of carbonyl (C=O) groups is 1. The van der Waals surface area contributed by atoms with Crippen molar-refractivity contribution in [2.75, 3.05) is 6.61 Å². The zero-order valence-corrected chi connectivity index (χ0v) is 34.4. The summed E-state index contributed by atoms with van der Waals surface area (Å²) in [5, 5.41) is 22.9. The van der Waals surface area contributed by atoms with Crippen LogP contribution in [0.3, 0.4) is 0 Å². The monoisotopic (exact) mass is 716 g/mol. The van der Waals surface area contributed by atoms with Crippen molar-refractivity contribution in [2.45, 2.75) is 251 Å². The molecule has 0 spiro atoms. The van der Waals surface area contributed by atoms with E-state index in [4.69, 9.17) is 0 Å². The van der Waals surface area contributed by atoms with Crippen molar-refractivity contribution in [2.24, 2.45) is 0 Å². The SMILES string of the molecule is CCCCCCCCCCCCCCCCCCCCC/C=C/CC/C=C/CC/C=C/C(O)C(CO)NC(=O)CCCCCCCCCCCC. The highest BCUT2D eigenvalue weighted by molar-refractivity contribution is 5.76. The average Bonchev–Trinajstić information content (AvgIpc) is 3.13.